The van der Waals surface area contributed by atoms with Crippen molar-refractivity contribution < 1.29 is 4.92 Å². The third-order valence-electron chi connectivity index (χ3n) is 2.20. The van der Waals surface area contributed by atoms with E-state index in [0.717, 1.165) is 0 Å². The van der Waals surface area contributed by atoms with E-state index < -0.39 is 4.92 Å². The van der Waals surface area contributed by atoms with Crippen LogP contribution in [0.2, 0.25) is 0 Å². The molecule has 0 radical (unpaired) electrons. The zero-order valence-corrected chi connectivity index (χ0v) is 9.15. The van der Waals surface area contributed by atoms with Gasteiger partial charge in [-0.3, -0.25) is 9.25 Å². The van der Waals surface area contributed by atoms with Gasteiger partial charge in [0.15, 0.2) is 0 Å². The van der Waals surface area contributed by atoms with Crippen LogP contribution in [0.15, 0.2) is 18.7 Å². The zero-order valence-electron chi connectivity index (χ0n) is 9.15. The molecule has 9 nitrogen and oxygen atoms in total. The summed E-state index contributed by atoms with van der Waals surface area (Å²) in [6, 6.07) is 0. The molecule has 9 heteroatoms. The summed E-state index contributed by atoms with van der Waals surface area (Å²) in [7, 11) is 1.69. The Labute approximate surface area is 96.2 Å². The first kappa shape index (κ1) is 11.0. The van der Waals surface area contributed by atoms with Crippen molar-refractivity contribution in [2.75, 3.05) is 11.9 Å². The first-order chi connectivity index (χ1) is 8.18. The average molecular weight is 237 g/mol. The van der Waals surface area contributed by atoms with Crippen LogP contribution in [0.1, 0.15) is 0 Å². The van der Waals surface area contributed by atoms with Crippen molar-refractivity contribution in [2.45, 2.75) is 6.54 Å². The normalized spacial score (nSPS) is 10.4. The topological polar surface area (TPSA) is 104 Å². The Morgan fingerprint density at radius 1 is 1.59 bits per heavy atom. The fourth-order valence-electron chi connectivity index (χ4n) is 1.40. The van der Waals surface area contributed by atoms with Gasteiger partial charge in [0, 0.05) is 19.8 Å². The second-order valence-corrected chi connectivity index (χ2v) is 3.38. The number of nitrogens with zero attached hydrogens (tertiary/aromatic N) is 6. The van der Waals surface area contributed by atoms with Gasteiger partial charge >= 0.3 is 5.82 Å². The van der Waals surface area contributed by atoms with E-state index in [2.05, 4.69) is 20.6 Å². The van der Waals surface area contributed by atoms with Crippen molar-refractivity contribution in [1.29, 1.82) is 0 Å². The van der Waals surface area contributed by atoms with Gasteiger partial charge < -0.3 is 15.4 Å². The standard InChI is InChI=1S/C8H11N7O2/c1-13-6-10-8(15(16)17)7(13)9-2-4-14-5-3-11-12-14/h3,5-6,9H,2,4H2,1H3. The van der Waals surface area contributed by atoms with Gasteiger partial charge in [0.1, 0.15) is 0 Å². The molecule has 90 valence electrons. The molecule has 0 saturated heterocycles. The highest BCUT2D eigenvalue weighted by molar-refractivity contribution is 5.51. The molecule has 0 aliphatic rings. The molecule has 0 amide bonds. The molecule has 0 atom stereocenters. The van der Waals surface area contributed by atoms with Crippen LogP contribution in [0.3, 0.4) is 0 Å². The van der Waals surface area contributed by atoms with E-state index in [0.29, 0.717) is 18.9 Å². The maximum atomic E-state index is 10.7. The summed E-state index contributed by atoms with van der Waals surface area (Å²) in [5, 5.41) is 21.1. The summed E-state index contributed by atoms with van der Waals surface area (Å²) in [4.78, 5) is 13.9. The molecule has 0 aliphatic carbocycles. The maximum absolute atomic E-state index is 10.7. The molecule has 17 heavy (non-hydrogen) atoms. The van der Waals surface area contributed by atoms with Crippen LogP contribution in [0.5, 0.6) is 0 Å². The quantitative estimate of drug-likeness (QED) is 0.581. The minimum Gasteiger partial charge on any atom is -0.362 e. The van der Waals surface area contributed by atoms with Gasteiger partial charge in [0.2, 0.25) is 12.1 Å². The molecular weight excluding hydrogens is 226 g/mol. The summed E-state index contributed by atoms with van der Waals surface area (Å²) in [5.74, 6) is 0.209. The Balaban J connectivity index is 1.99. The van der Waals surface area contributed by atoms with Crippen molar-refractivity contribution in [3.05, 3.63) is 28.8 Å². The van der Waals surface area contributed by atoms with E-state index in [4.69, 9.17) is 0 Å². The first-order valence-electron chi connectivity index (χ1n) is 4.92. The molecule has 0 spiro atoms. The highest BCUT2D eigenvalue weighted by Crippen LogP contribution is 2.20. The Morgan fingerprint density at radius 3 is 3.06 bits per heavy atom. The molecule has 1 N–H and O–H groups in total. The monoisotopic (exact) mass is 237 g/mol. The lowest BCUT2D eigenvalue weighted by Crippen LogP contribution is -2.13. The maximum Gasteiger partial charge on any atom is 0.406 e. The van der Waals surface area contributed by atoms with Crippen LogP contribution in [-0.2, 0) is 13.6 Å². The van der Waals surface area contributed by atoms with Crippen LogP contribution in [0.4, 0.5) is 11.6 Å². The van der Waals surface area contributed by atoms with E-state index in [1.54, 1.807) is 28.7 Å². The van der Waals surface area contributed by atoms with Crippen LogP contribution in [0.25, 0.3) is 0 Å². The minimum absolute atomic E-state index is 0.175. The number of nitrogens with one attached hydrogen (secondary N) is 1. The number of imidazole rings is 1. The van der Waals surface area contributed by atoms with Gasteiger partial charge in [0.25, 0.3) is 0 Å². The summed E-state index contributed by atoms with van der Waals surface area (Å²) >= 11 is 0. The molecule has 2 rings (SSSR count). The fourth-order valence-corrected chi connectivity index (χ4v) is 1.40. The van der Waals surface area contributed by atoms with Gasteiger partial charge in [-0.1, -0.05) is 5.21 Å². The molecule has 0 fully saturated rings. The largest absolute Gasteiger partial charge is 0.406 e. The van der Waals surface area contributed by atoms with Gasteiger partial charge in [-0.05, 0) is 9.91 Å². The Hall–Kier alpha value is -2.45. The number of aryl methyl sites for hydroxylation is 1. The smallest absolute Gasteiger partial charge is 0.362 e. The van der Waals surface area contributed by atoms with Crippen molar-refractivity contribution in [1.82, 2.24) is 24.5 Å². The summed E-state index contributed by atoms with van der Waals surface area (Å²) < 4.78 is 3.20. The first-order valence-corrected chi connectivity index (χ1v) is 4.92. The van der Waals surface area contributed by atoms with Gasteiger partial charge in [-0.2, -0.15) is 0 Å². The van der Waals surface area contributed by atoms with Gasteiger partial charge in [-0.15, -0.1) is 5.10 Å². The highest BCUT2D eigenvalue weighted by atomic mass is 16.6. The molecule has 2 aromatic rings. The third kappa shape index (κ3) is 2.38. The van der Waals surface area contributed by atoms with Crippen LogP contribution in [-0.4, -0.2) is 36.0 Å². The lowest BCUT2D eigenvalue weighted by Gasteiger charge is -2.05. The van der Waals surface area contributed by atoms with E-state index in [1.807, 2.05) is 0 Å². The third-order valence-corrected chi connectivity index (χ3v) is 2.20. The summed E-state index contributed by atoms with van der Waals surface area (Å²) in [6.45, 7) is 1.08. The predicted molar refractivity (Wildman–Crippen MR) is 58.4 cm³/mol. The lowest BCUT2D eigenvalue weighted by molar-refractivity contribution is -0.388. The van der Waals surface area contributed by atoms with Crippen molar-refractivity contribution >= 4 is 11.6 Å². The van der Waals surface area contributed by atoms with E-state index in [-0.39, 0.29) is 5.82 Å². The molecule has 2 aromatic heterocycles. The number of anilines is 1. The minimum atomic E-state index is -0.516. The number of hydrogen-bond donors (Lipinski definition) is 1. The predicted octanol–water partition coefficient (Wildman–Crippen LogP) is 0.0319. The molecule has 2 heterocycles. The van der Waals surface area contributed by atoms with Gasteiger partial charge in [-0.25, -0.2) is 0 Å². The lowest BCUT2D eigenvalue weighted by atomic mass is 10.5. The molecular formula is C8H11N7O2. The highest BCUT2D eigenvalue weighted by Gasteiger charge is 2.19. The van der Waals surface area contributed by atoms with E-state index in [9.17, 15) is 10.1 Å². The Morgan fingerprint density at radius 2 is 2.41 bits per heavy atom. The summed E-state index contributed by atoms with van der Waals surface area (Å²) in [5.41, 5.74) is 0. The van der Waals surface area contributed by atoms with Crippen LogP contribution >= 0.6 is 0 Å². The average Bonchev–Trinajstić information content (AvgIpc) is 2.89. The van der Waals surface area contributed by atoms with Crippen molar-refractivity contribution in [3.63, 3.8) is 0 Å². The number of aromatic nitrogens is 5. The van der Waals surface area contributed by atoms with E-state index >= 15 is 0 Å². The van der Waals surface area contributed by atoms with Gasteiger partial charge in [0.05, 0.1) is 12.7 Å². The second-order valence-electron chi connectivity index (χ2n) is 3.38. The van der Waals surface area contributed by atoms with Crippen LogP contribution in [0, 0.1) is 10.1 Å². The molecule has 0 aromatic carbocycles. The second kappa shape index (κ2) is 4.60. The molecule has 0 unspecified atom stereocenters. The van der Waals surface area contributed by atoms with Crippen molar-refractivity contribution in [2.24, 2.45) is 7.05 Å². The molecule has 0 aliphatic heterocycles. The molecule has 0 saturated carbocycles. The molecule has 0 bridgehead atoms. The Bertz CT molecular complexity index is 504. The zero-order chi connectivity index (χ0) is 12.3. The van der Waals surface area contributed by atoms with Crippen molar-refractivity contribution in [3.8, 4) is 0 Å². The number of rotatable bonds is 5. The SMILES string of the molecule is Cn1cnc([N+](=O)[O-])c1NCCn1ccnn1. The van der Waals surface area contributed by atoms with E-state index in [1.165, 1.54) is 6.33 Å². The number of nitro groups is 1. The fraction of sp³-hybridized carbons (Fsp3) is 0.375. The summed E-state index contributed by atoms with van der Waals surface area (Å²) in [6.07, 6.45) is 4.70. The Kier molecular flexibility index (Phi) is 2.99. The number of hydrogen-bond acceptors (Lipinski definition) is 6. The van der Waals surface area contributed by atoms with Crippen LogP contribution < -0.4 is 5.32 Å².